The van der Waals surface area contributed by atoms with Crippen molar-refractivity contribution in [3.8, 4) is 0 Å². The first-order chi connectivity index (χ1) is 12.2. The second-order valence-electron chi connectivity index (χ2n) is 5.76. The van der Waals surface area contributed by atoms with Crippen LogP contribution in [-0.4, -0.2) is 68.1 Å². The number of piperidine rings is 1. The summed E-state index contributed by atoms with van der Waals surface area (Å²) in [7, 11) is 3.15. The molecule has 1 aliphatic heterocycles. The van der Waals surface area contributed by atoms with Gasteiger partial charge in [0.25, 0.3) is 5.91 Å². The normalized spacial score (nSPS) is 15.6. The molecule has 0 bridgehead atoms. The SMILES string of the molecule is CN=C(NCCNC(=O)c1cccnc1)N1CCC(C(=O)OC)CC1. The van der Waals surface area contributed by atoms with Crippen LogP contribution in [0.3, 0.4) is 0 Å². The molecule has 8 heteroatoms. The number of guanidine groups is 1. The molecule has 1 saturated heterocycles. The van der Waals surface area contributed by atoms with Gasteiger partial charge in [-0.15, -0.1) is 0 Å². The van der Waals surface area contributed by atoms with E-state index in [2.05, 4.69) is 25.5 Å². The monoisotopic (exact) mass is 347 g/mol. The van der Waals surface area contributed by atoms with Crippen molar-refractivity contribution in [1.29, 1.82) is 0 Å². The highest BCUT2D eigenvalue weighted by Crippen LogP contribution is 2.18. The number of esters is 1. The lowest BCUT2D eigenvalue weighted by atomic mass is 9.97. The molecule has 0 atom stereocenters. The highest BCUT2D eigenvalue weighted by Gasteiger charge is 2.26. The van der Waals surface area contributed by atoms with Crippen molar-refractivity contribution in [2.45, 2.75) is 12.8 Å². The minimum atomic E-state index is -0.149. The summed E-state index contributed by atoms with van der Waals surface area (Å²) in [4.78, 5) is 33.8. The van der Waals surface area contributed by atoms with Gasteiger partial charge in [-0.3, -0.25) is 19.6 Å². The number of nitrogens with one attached hydrogen (secondary N) is 2. The number of methoxy groups -OCH3 is 1. The second-order valence-corrected chi connectivity index (χ2v) is 5.76. The van der Waals surface area contributed by atoms with E-state index in [1.807, 2.05) is 0 Å². The Morgan fingerprint density at radius 1 is 1.32 bits per heavy atom. The molecule has 1 fully saturated rings. The number of carbonyl (C=O) groups is 2. The van der Waals surface area contributed by atoms with Crippen LogP contribution in [0, 0.1) is 5.92 Å². The maximum absolute atomic E-state index is 11.9. The van der Waals surface area contributed by atoms with Crippen molar-refractivity contribution in [3.63, 3.8) is 0 Å². The second kappa shape index (κ2) is 9.61. The third-order valence-corrected chi connectivity index (χ3v) is 4.16. The first-order valence-corrected chi connectivity index (χ1v) is 8.37. The van der Waals surface area contributed by atoms with Crippen LogP contribution in [0.4, 0.5) is 0 Å². The quantitative estimate of drug-likeness (QED) is 0.344. The minimum Gasteiger partial charge on any atom is -0.469 e. The Morgan fingerprint density at radius 2 is 2.04 bits per heavy atom. The molecule has 1 aromatic heterocycles. The van der Waals surface area contributed by atoms with Crippen LogP contribution in [-0.2, 0) is 9.53 Å². The van der Waals surface area contributed by atoms with E-state index in [1.54, 1.807) is 25.4 Å². The number of aromatic nitrogens is 1. The van der Waals surface area contributed by atoms with Gasteiger partial charge in [0.1, 0.15) is 0 Å². The van der Waals surface area contributed by atoms with Crippen LogP contribution in [0.5, 0.6) is 0 Å². The molecule has 136 valence electrons. The highest BCUT2D eigenvalue weighted by molar-refractivity contribution is 5.93. The van der Waals surface area contributed by atoms with Gasteiger partial charge < -0.3 is 20.3 Å². The van der Waals surface area contributed by atoms with E-state index in [4.69, 9.17) is 4.74 Å². The Bertz CT molecular complexity index is 598. The van der Waals surface area contributed by atoms with Crippen LogP contribution < -0.4 is 10.6 Å². The van der Waals surface area contributed by atoms with E-state index >= 15 is 0 Å². The third kappa shape index (κ3) is 5.44. The van der Waals surface area contributed by atoms with E-state index < -0.39 is 0 Å². The zero-order chi connectivity index (χ0) is 18.1. The van der Waals surface area contributed by atoms with E-state index in [1.165, 1.54) is 13.3 Å². The fraction of sp³-hybridized carbons (Fsp3) is 0.529. The van der Waals surface area contributed by atoms with Crippen LogP contribution in [0.1, 0.15) is 23.2 Å². The number of ether oxygens (including phenoxy) is 1. The molecule has 25 heavy (non-hydrogen) atoms. The lowest BCUT2D eigenvalue weighted by Gasteiger charge is -2.33. The molecule has 2 rings (SSSR count). The molecule has 2 N–H and O–H groups in total. The lowest BCUT2D eigenvalue weighted by Crippen LogP contribution is -2.48. The van der Waals surface area contributed by atoms with E-state index in [0.29, 0.717) is 18.7 Å². The molecule has 1 aromatic rings. The summed E-state index contributed by atoms with van der Waals surface area (Å²) in [6.07, 6.45) is 4.68. The van der Waals surface area contributed by atoms with Gasteiger partial charge in [-0.1, -0.05) is 0 Å². The van der Waals surface area contributed by atoms with E-state index in [9.17, 15) is 9.59 Å². The number of hydrogen-bond acceptors (Lipinski definition) is 5. The fourth-order valence-corrected chi connectivity index (χ4v) is 2.78. The van der Waals surface area contributed by atoms with Gasteiger partial charge in [0.2, 0.25) is 0 Å². The van der Waals surface area contributed by atoms with Crippen molar-refractivity contribution < 1.29 is 14.3 Å². The summed E-state index contributed by atoms with van der Waals surface area (Å²) < 4.78 is 4.80. The number of aliphatic imine (C=N–C) groups is 1. The van der Waals surface area contributed by atoms with Crippen LogP contribution >= 0.6 is 0 Å². The molecule has 2 heterocycles. The highest BCUT2D eigenvalue weighted by atomic mass is 16.5. The van der Waals surface area contributed by atoms with Gasteiger partial charge >= 0.3 is 5.97 Å². The van der Waals surface area contributed by atoms with Gasteiger partial charge in [-0.2, -0.15) is 0 Å². The average Bonchev–Trinajstić information content (AvgIpc) is 2.68. The summed E-state index contributed by atoms with van der Waals surface area (Å²) in [5.41, 5.74) is 0.539. The van der Waals surface area contributed by atoms with Gasteiger partial charge in [-0.25, -0.2) is 0 Å². The van der Waals surface area contributed by atoms with Crippen LogP contribution in [0.15, 0.2) is 29.5 Å². The Kier molecular flexibility index (Phi) is 7.18. The van der Waals surface area contributed by atoms with Crippen molar-refractivity contribution >= 4 is 17.8 Å². The fourth-order valence-electron chi connectivity index (χ4n) is 2.78. The first-order valence-electron chi connectivity index (χ1n) is 8.37. The maximum Gasteiger partial charge on any atom is 0.308 e. The Balaban J connectivity index is 1.71. The topological polar surface area (TPSA) is 95.9 Å². The molecule has 0 radical (unpaired) electrons. The Labute approximate surface area is 147 Å². The smallest absolute Gasteiger partial charge is 0.308 e. The first kappa shape index (κ1) is 18.7. The number of amides is 1. The number of likely N-dealkylation sites (tertiary alicyclic amines) is 1. The van der Waals surface area contributed by atoms with E-state index in [0.717, 1.165) is 31.9 Å². The molecule has 1 amide bonds. The van der Waals surface area contributed by atoms with Gasteiger partial charge in [-0.05, 0) is 25.0 Å². The third-order valence-electron chi connectivity index (χ3n) is 4.16. The molecule has 8 nitrogen and oxygen atoms in total. The molecule has 0 spiro atoms. The number of rotatable bonds is 5. The molecule has 1 aliphatic rings. The van der Waals surface area contributed by atoms with Gasteiger partial charge in [0.15, 0.2) is 5.96 Å². The van der Waals surface area contributed by atoms with Crippen molar-refractivity contribution in [2.24, 2.45) is 10.9 Å². The zero-order valence-electron chi connectivity index (χ0n) is 14.7. The maximum atomic E-state index is 11.9. The van der Waals surface area contributed by atoms with Gasteiger partial charge in [0, 0.05) is 45.6 Å². The standard InChI is InChI=1S/C17H25N5O3/c1-18-17(22-10-5-13(6-11-22)16(24)25-2)21-9-8-20-15(23)14-4-3-7-19-12-14/h3-4,7,12-13H,5-6,8-11H2,1-2H3,(H,18,21)(H,20,23). The average molecular weight is 347 g/mol. The van der Waals surface area contributed by atoms with Crippen molar-refractivity contribution in [2.75, 3.05) is 40.3 Å². The van der Waals surface area contributed by atoms with Crippen molar-refractivity contribution in [3.05, 3.63) is 30.1 Å². The van der Waals surface area contributed by atoms with Crippen LogP contribution in [0.2, 0.25) is 0 Å². The predicted molar refractivity (Wildman–Crippen MR) is 94.2 cm³/mol. The summed E-state index contributed by atoms with van der Waals surface area (Å²) in [5.74, 6) is 0.460. The largest absolute Gasteiger partial charge is 0.469 e. The molecule has 0 unspecified atom stereocenters. The lowest BCUT2D eigenvalue weighted by molar-refractivity contribution is -0.146. The summed E-state index contributed by atoms with van der Waals surface area (Å²) >= 11 is 0. The summed E-state index contributed by atoms with van der Waals surface area (Å²) in [6.45, 7) is 2.55. The molecule has 0 aromatic carbocycles. The van der Waals surface area contributed by atoms with Crippen molar-refractivity contribution in [1.82, 2.24) is 20.5 Å². The molecule has 0 aliphatic carbocycles. The zero-order valence-corrected chi connectivity index (χ0v) is 14.7. The summed E-state index contributed by atoms with van der Waals surface area (Å²) in [6, 6.07) is 3.45. The molecular formula is C17H25N5O3. The Hall–Kier alpha value is -2.64. The number of carbonyl (C=O) groups excluding carboxylic acids is 2. The van der Waals surface area contributed by atoms with E-state index in [-0.39, 0.29) is 17.8 Å². The van der Waals surface area contributed by atoms with Crippen LogP contribution in [0.25, 0.3) is 0 Å². The molecule has 0 saturated carbocycles. The van der Waals surface area contributed by atoms with Gasteiger partial charge in [0.05, 0.1) is 18.6 Å². The number of pyridine rings is 1. The predicted octanol–water partition coefficient (Wildman–Crippen LogP) is 0.272. The minimum absolute atomic E-state index is 0.0295. The number of nitrogens with zero attached hydrogens (tertiary/aromatic N) is 3. The number of hydrogen-bond donors (Lipinski definition) is 2. The summed E-state index contributed by atoms with van der Waals surface area (Å²) in [5, 5.41) is 6.07. The Morgan fingerprint density at radius 3 is 2.64 bits per heavy atom. The molecular weight excluding hydrogens is 322 g/mol.